The summed E-state index contributed by atoms with van der Waals surface area (Å²) in [5.74, 6) is -0.416. The van der Waals surface area contributed by atoms with Crippen molar-refractivity contribution in [2.24, 2.45) is 0 Å². The maximum Gasteiger partial charge on any atom is 0.253 e. The number of carbonyl (C=O) groups is 1. The largest absolute Gasteiger partial charge is 0.348 e. The Morgan fingerprint density at radius 2 is 1.75 bits per heavy atom. The van der Waals surface area contributed by atoms with Gasteiger partial charge in [0.25, 0.3) is 5.91 Å². The minimum atomic E-state index is -3.72. The van der Waals surface area contributed by atoms with Crippen LogP contribution in [0, 0.1) is 0 Å². The van der Waals surface area contributed by atoms with Crippen LogP contribution in [0.4, 0.5) is 0 Å². The molecule has 0 bridgehead atoms. The molecule has 2 aromatic carbocycles. The molecule has 9 heteroatoms. The van der Waals surface area contributed by atoms with E-state index in [9.17, 15) is 13.2 Å². The fourth-order valence-electron chi connectivity index (χ4n) is 3.60. The molecular formula is C23H31ClN4O3S. The zero-order chi connectivity index (χ0) is 23.3. The molecule has 1 fully saturated rings. The van der Waals surface area contributed by atoms with Crippen molar-refractivity contribution in [2.45, 2.75) is 37.9 Å². The Morgan fingerprint density at radius 3 is 2.44 bits per heavy atom. The third-order valence-electron chi connectivity index (χ3n) is 5.33. The lowest BCUT2D eigenvalue weighted by atomic mass is 10.1. The van der Waals surface area contributed by atoms with Crippen LogP contribution in [-0.4, -0.2) is 63.4 Å². The first-order chi connectivity index (χ1) is 15.1. The maximum atomic E-state index is 12.7. The first-order valence-corrected chi connectivity index (χ1v) is 12.6. The van der Waals surface area contributed by atoms with Gasteiger partial charge in [-0.05, 0) is 50.2 Å². The number of likely N-dealkylation sites (N-methyl/N-ethyl adjacent to an activating group) is 1. The highest BCUT2D eigenvalue weighted by Gasteiger charge is 2.20. The molecule has 0 spiro atoms. The predicted molar refractivity (Wildman–Crippen MR) is 127 cm³/mol. The number of hydrogen-bond donors (Lipinski definition) is 2. The first-order valence-electron chi connectivity index (χ1n) is 10.7. The molecule has 32 heavy (non-hydrogen) atoms. The smallest absolute Gasteiger partial charge is 0.253 e. The molecule has 1 aliphatic heterocycles. The summed E-state index contributed by atoms with van der Waals surface area (Å²) in [4.78, 5) is 17.5. The second-order valence-electron chi connectivity index (χ2n) is 8.50. The summed E-state index contributed by atoms with van der Waals surface area (Å²) < 4.78 is 27.4. The van der Waals surface area contributed by atoms with Crippen LogP contribution in [0.5, 0.6) is 0 Å². The van der Waals surface area contributed by atoms with Gasteiger partial charge in [-0.15, -0.1) is 0 Å². The molecule has 0 unspecified atom stereocenters. The molecule has 1 heterocycles. The summed E-state index contributed by atoms with van der Waals surface area (Å²) in [6.07, 6.45) is 0. The Labute approximate surface area is 195 Å². The van der Waals surface area contributed by atoms with Gasteiger partial charge in [0.05, 0.1) is 15.5 Å². The number of hydrogen-bond acceptors (Lipinski definition) is 5. The highest BCUT2D eigenvalue weighted by molar-refractivity contribution is 7.89. The van der Waals surface area contributed by atoms with E-state index in [2.05, 4.69) is 39.0 Å². The number of amides is 1. The SMILES string of the molecule is CC(C)NS(=O)(=O)c1ccc(Cl)c(C(=O)NCc2cccc(CN3CCN(C)CC3)c2)c1. The van der Waals surface area contributed by atoms with Crippen LogP contribution >= 0.6 is 11.6 Å². The number of sulfonamides is 1. The van der Waals surface area contributed by atoms with Gasteiger partial charge in [0.1, 0.15) is 0 Å². The standard InChI is InChI=1S/C23H31ClN4O3S/c1-17(2)26-32(30,31)20-7-8-22(24)21(14-20)23(29)25-15-18-5-4-6-19(13-18)16-28-11-9-27(3)10-12-28/h4-8,13-14,17,26H,9-12,15-16H2,1-3H3,(H,25,29). The maximum absolute atomic E-state index is 12.7. The highest BCUT2D eigenvalue weighted by atomic mass is 35.5. The molecule has 1 saturated heterocycles. The van der Waals surface area contributed by atoms with E-state index in [1.54, 1.807) is 13.8 Å². The van der Waals surface area contributed by atoms with Crippen molar-refractivity contribution >= 4 is 27.5 Å². The summed E-state index contributed by atoms with van der Waals surface area (Å²) >= 11 is 6.19. The Balaban J connectivity index is 1.65. The molecule has 2 N–H and O–H groups in total. The van der Waals surface area contributed by atoms with Gasteiger partial charge >= 0.3 is 0 Å². The molecule has 0 aliphatic carbocycles. The summed E-state index contributed by atoms with van der Waals surface area (Å²) in [6, 6.07) is 12.0. The van der Waals surface area contributed by atoms with Crippen LogP contribution in [0.25, 0.3) is 0 Å². The van der Waals surface area contributed by atoms with Gasteiger partial charge in [-0.3, -0.25) is 9.69 Å². The van der Waals surface area contributed by atoms with E-state index < -0.39 is 15.9 Å². The minimum absolute atomic E-state index is 0.00919. The van der Waals surface area contributed by atoms with E-state index in [4.69, 9.17) is 11.6 Å². The fraction of sp³-hybridized carbons (Fsp3) is 0.435. The molecule has 2 aromatic rings. The zero-order valence-corrected chi connectivity index (χ0v) is 20.3. The lowest BCUT2D eigenvalue weighted by Crippen LogP contribution is -2.43. The molecule has 7 nitrogen and oxygen atoms in total. The van der Waals surface area contributed by atoms with E-state index in [1.807, 2.05) is 12.1 Å². The fourth-order valence-corrected chi connectivity index (χ4v) is 5.08. The van der Waals surface area contributed by atoms with Crippen molar-refractivity contribution in [2.75, 3.05) is 33.2 Å². The number of piperazine rings is 1. The van der Waals surface area contributed by atoms with Gasteiger partial charge in [-0.25, -0.2) is 13.1 Å². The Hall–Kier alpha value is -1.97. The van der Waals surface area contributed by atoms with Crippen LogP contribution < -0.4 is 10.0 Å². The second-order valence-corrected chi connectivity index (χ2v) is 10.6. The molecule has 3 rings (SSSR count). The Kier molecular flexibility index (Phi) is 8.30. The average molecular weight is 479 g/mol. The monoisotopic (exact) mass is 478 g/mol. The molecule has 0 radical (unpaired) electrons. The number of halogens is 1. The molecule has 1 aliphatic rings. The molecule has 1 amide bonds. The summed E-state index contributed by atoms with van der Waals surface area (Å²) in [7, 11) is -1.58. The zero-order valence-electron chi connectivity index (χ0n) is 18.8. The van der Waals surface area contributed by atoms with E-state index >= 15 is 0 Å². The average Bonchev–Trinajstić information content (AvgIpc) is 2.73. The van der Waals surface area contributed by atoms with Crippen LogP contribution in [0.1, 0.15) is 35.3 Å². The molecule has 174 valence electrons. The number of nitrogens with zero attached hydrogens (tertiary/aromatic N) is 2. The van der Waals surface area contributed by atoms with Crippen molar-refractivity contribution in [3.05, 3.63) is 64.2 Å². The van der Waals surface area contributed by atoms with Gasteiger partial charge in [-0.1, -0.05) is 35.9 Å². The van der Waals surface area contributed by atoms with Crippen molar-refractivity contribution in [3.8, 4) is 0 Å². The summed E-state index contributed by atoms with van der Waals surface area (Å²) in [5.41, 5.74) is 2.31. The van der Waals surface area contributed by atoms with Crippen molar-refractivity contribution in [1.82, 2.24) is 19.8 Å². The van der Waals surface area contributed by atoms with Crippen molar-refractivity contribution in [3.63, 3.8) is 0 Å². The van der Waals surface area contributed by atoms with Crippen LogP contribution in [-0.2, 0) is 23.1 Å². The van der Waals surface area contributed by atoms with Crippen LogP contribution in [0.15, 0.2) is 47.4 Å². The normalized spacial score (nSPS) is 15.8. The first kappa shape index (κ1) is 24.7. The van der Waals surface area contributed by atoms with Crippen LogP contribution in [0.2, 0.25) is 5.02 Å². The summed E-state index contributed by atoms with van der Waals surface area (Å²) in [5, 5.41) is 3.06. The van der Waals surface area contributed by atoms with E-state index in [1.165, 1.54) is 23.8 Å². The highest BCUT2D eigenvalue weighted by Crippen LogP contribution is 2.21. The number of carbonyl (C=O) groups excluding carboxylic acids is 1. The quantitative estimate of drug-likeness (QED) is 0.609. The lowest BCUT2D eigenvalue weighted by molar-refractivity contribution is 0.0951. The number of rotatable bonds is 8. The number of benzene rings is 2. The van der Waals surface area contributed by atoms with E-state index in [0.717, 1.165) is 38.3 Å². The third kappa shape index (κ3) is 6.76. The minimum Gasteiger partial charge on any atom is -0.348 e. The molecule has 0 aromatic heterocycles. The van der Waals surface area contributed by atoms with E-state index in [0.29, 0.717) is 6.54 Å². The second kappa shape index (κ2) is 10.8. The van der Waals surface area contributed by atoms with Gasteiger partial charge in [0, 0.05) is 45.3 Å². The lowest BCUT2D eigenvalue weighted by Gasteiger charge is -2.32. The topological polar surface area (TPSA) is 81.7 Å². The van der Waals surface area contributed by atoms with Gasteiger partial charge < -0.3 is 10.2 Å². The molecular weight excluding hydrogens is 448 g/mol. The summed E-state index contributed by atoms with van der Waals surface area (Å²) in [6.45, 7) is 8.90. The van der Waals surface area contributed by atoms with Gasteiger partial charge in [0.2, 0.25) is 10.0 Å². The molecule has 0 atom stereocenters. The van der Waals surface area contributed by atoms with Crippen LogP contribution in [0.3, 0.4) is 0 Å². The predicted octanol–water partition coefficient (Wildman–Crippen LogP) is 2.70. The number of nitrogens with one attached hydrogen (secondary N) is 2. The van der Waals surface area contributed by atoms with Gasteiger partial charge in [-0.2, -0.15) is 0 Å². The van der Waals surface area contributed by atoms with E-state index in [-0.39, 0.29) is 21.5 Å². The van der Waals surface area contributed by atoms with Crippen molar-refractivity contribution in [1.29, 1.82) is 0 Å². The van der Waals surface area contributed by atoms with Gasteiger partial charge in [0.15, 0.2) is 0 Å². The molecule has 0 saturated carbocycles. The third-order valence-corrected chi connectivity index (χ3v) is 7.32. The Bertz CT molecular complexity index is 1050. The Morgan fingerprint density at radius 1 is 1.06 bits per heavy atom. The van der Waals surface area contributed by atoms with Crippen molar-refractivity contribution < 1.29 is 13.2 Å².